The van der Waals surface area contributed by atoms with Crippen LogP contribution in [0.1, 0.15) is 20.3 Å². The summed E-state index contributed by atoms with van der Waals surface area (Å²) in [4.78, 5) is 13.6. The highest BCUT2D eigenvalue weighted by Crippen LogP contribution is 2.03. The van der Waals surface area contributed by atoms with Crippen LogP contribution in [0.3, 0.4) is 0 Å². The van der Waals surface area contributed by atoms with E-state index in [0.29, 0.717) is 25.6 Å². The highest BCUT2D eigenvalue weighted by molar-refractivity contribution is 5.77. The Bertz CT molecular complexity index is 286. The molecular weight excluding hydrogens is 218 g/mol. The molecular formula is C12H21N3O2. The van der Waals surface area contributed by atoms with E-state index in [4.69, 9.17) is 10.00 Å². The van der Waals surface area contributed by atoms with Crippen molar-refractivity contribution in [3.05, 3.63) is 0 Å². The molecule has 1 atom stereocenters. The maximum Gasteiger partial charge on any atom is 0.234 e. The molecule has 0 aromatic rings. The lowest BCUT2D eigenvalue weighted by Gasteiger charge is -2.28. The van der Waals surface area contributed by atoms with Crippen LogP contribution in [-0.2, 0) is 9.53 Å². The summed E-state index contributed by atoms with van der Waals surface area (Å²) in [5.74, 6) is 0.630. The molecule has 1 fully saturated rings. The van der Waals surface area contributed by atoms with Crippen LogP contribution >= 0.6 is 0 Å². The maximum atomic E-state index is 11.6. The molecule has 96 valence electrons. The topological polar surface area (TPSA) is 65.4 Å². The average Bonchev–Trinajstić information content (AvgIpc) is 2.28. The van der Waals surface area contributed by atoms with Crippen molar-refractivity contribution >= 4 is 5.91 Å². The van der Waals surface area contributed by atoms with Gasteiger partial charge < -0.3 is 10.1 Å². The number of hydrogen-bond donors (Lipinski definition) is 1. The summed E-state index contributed by atoms with van der Waals surface area (Å²) in [5, 5.41) is 11.6. The lowest BCUT2D eigenvalue weighted by atomic mass is 10.1. The SMILES string of the molecule is CC(C)CCNC(=O)CN1CCOC(C#N)C1. The van der Waals surface area contributed by atoms with E-state index in [9.17, 15) is 4.79 Å². The fourth-order valence-electron chi connectivity index (χ4n) is 1.68. The summed E-state index contributed by atoms with van der Waals surface area (Å²) in [6, 6.07) is 2.07. The minimum absolute atomic E-state index is 0.0317. The Kier molecular flexibility index (Phi) is 5.95. The van der Waals surface area contributed by atoms with Gasteiger partial charge in [0.25, 0.3) is 0 Å². The first-order valence-electron chi connectivity index (χ1n) is 6.12. The summed E-state index contributed by atoms with van der Waals surface area (Å²) in [5.41, 5.74) is 0. The van der Waals surface area contributed by atoms with Crippen molar-refractivity contribution < 1.29 is 9.53 Å². The number of nitrogens with one attached hydrogen (secondary N) is 1. The minimum atomic E-state index is -0.396. The number of nitriles is 1. The van der Waals surface area contributed by atoms with Gasteiger partial charge in [0.15, 0.2) is 6.10 Å². The van der Waals surface area contributed by atoms with E-state index in [0.717, 1.165) is 19.5 Å². The molecule has 1 aliphatic heterocycles. The Morgan fingerprint density at radius 2 is 2.41 bits per heavy atom. The quantitative estimate of drug-likeness (QED) is 0.753. The van der Waals surface area contributed by atoms with E-state index in [2.05, 4.69) is 25.2 Å². The van der Waals surface area contributed by atoms with Crippen molar-refractivity contribution in [1.29, 1.82) is 5.26 Å². The molecule has 17 heavy (non-hydrogen) atoms. The summed E-state index contributed by atoms with van der Waals surface area (Å²) in [7, 11) is 0. The molecule has 0 aromatic carbocycles. The Morgan fingerprint density at radius 3 is 3.06 bits per heavy atom. The monoisotopic (exact) mass is 239 g/mol. The molecule has 5 nitrogen and oxygen atoms in total. The number of rotatable bonds is 5. The molecule has 0 aromatic heterocycles. The molecule has 1 amide bonds. The van der Waals surface area contributed by atoms with Gasteiger partial charge in [-0.05, 0) is 12.3 Å². The molecule has 0 bridgehead atoms. The minimum Gasteiger partial charge on any atom is -0.361 e. The Balaban J connectivity index is 2.19. The van der Waals surface area contributed by atoms with Crippen LogP contribution < -0.4 is 5.32 Å². The van der Waals surface area contributed by atoms with E-state index in [1.165, 1.54) is 0 Å². The van der Waals surface area contributed by atoms with Crippen LogP contribution in [0.4, 0.5) is 0 Å². The molecule has 0 radical (unpaired) electrons. The summed E-state index contributed by atoms with van der Waals surface area (Å²) in [6.45, 7) is 7.11. The van der Waals surface area contributed by atoms with Gasteiger partial charge in [0.05, 0.1) is 19.2 Å². The third-order valence-electron chi connectivity index (χ3n) is 2.71. The standard InChI is InChI=1S/C12H21N3O2/c1-10(2)3-4-14-12(16)9-15-5-6-17-11(7-13)8-15/h10-11H,3-6,8-9H2,1-2H3,(H,14,16). The molecule has 0 spiro atoms. The number of nitrogens with zero attached hydrogens (tertiary/aromatic N) is 2. The van der Waals surface area contributed by atoms with Gasteiger partial charge >= 0.3 is 0 Å². The van der Waals surface area contributed by atoms with Crippen LogP contribution in [0.2, 0.25) is 0 Å². The van der Waals surface area contributed by atoms with E-state index >= 15 is 0 Å². The van der Waals surface area contributed by atoms with E-state index in [1.54, 1.807) is 0 Å². The molecule has 1 saturated heterocycles. The highest BCUT2D eigenvalue weighted by atomic mass is 16.5. The van der Waals surface area contributed by atoms with Gasteiger partial charge in [0.2, 0.25) is 5.91 Å². The van der Waals surface area contributed by atoms with Crippen molar-refractivity contribution in [3.63, 3.8) is 0 Å². The molecule has 5 heteroatoms. The van der Waals surface area contributed by atoms with Crippen LogP contribution in [-0.4, -0.2) is 49.7 Å². The number of carbonyl (C=O) groups is 1. The molecule has 1 heterocycles. The second kappa shape index (κ2) is 7.25. The van der Waals surface area contributed by atoms with Gasteiger partial charge in [-0.1, -0.05) is 13.8 Å². The lowest BCUT2D eigenvalue weighted by Crippen LogP contribution is -2.46. The van der Waals surface area contributed by atoms with E-state index in [1.807, 2.05) is 4.90 Å². The van der Waals surface area contributed by atoms with Crippen molar-refractivity contribution in [2.24, 2.45) is 5.92 Å². The number of amides is 1. The second-order valence-electron chi connectivity index (χ2n) is 4.76. The van der Waals surface area contributed by atoms with Gasteiger partial charge in [0.1, 0.15) is 0 Å². The normalized spacial score (nSPS) is 21.2. The smallest absolute Gasteiger partial charge is 0.234 e. The fourth-order valence-corrected chi connectivity index (χ4v) is 1.68. The largest absolute Gasteiger partial charge is 0.361 e. The fraction of sp³-hybridized carbons (Fsp3) is 0.833. The third kappa shape index (κ3) is 5.66. The van der Waals surface area contributed by atoms with Crippen LogP contribution in [0, 0.1) is 17.2 Å². The van der Waals surface area contributed by atoms with Crippen LogP contribution in [0.5, 0.6) is 0 Å². The molecule has 0 aliphatic carbocycles. The number of morpholine rings is 1. The Labute approximate surface area is 103 Å². The zero-order chi connectivity index (χ0) is 12.7. The summed E-state index contributed by atoms with van der Waals surface area (Å²) in [6.07, 6.45) is 0.600. The van der Waals surface area contributed by atoms with Gasteiger partial charge in [-0.2, -0.15) is 5.26 Å². The second-order valence-corrected chi connectivity index (χ2v) is 4.76. The third-order valence-corrected chi connectivity index (χ3v) is 2.71. The number of ether oxygens (including phenoxy) is 1. The molecule has 1 N–H and O–H groups in total. The van der Waals surface area contributed by atoms with Gasteiger partial charge in [-0.3, -0.25) is 9.69 Å². The maximum absolute atomic E-state index is 11.6. The number of carbonyl (C=O) groups excluding carboxylic acids is 1. The Hall–Kier alpha value is -1.12. The van der Waals surface area contributed by atoms with Gasteiger partial charge in [-0.25, -0.2) is 0 Å². The molecule has 0 saturated carbocycles. The Morgan fingerprint density at radius 1 is 1.65 bits per heavy atom. The predicted octanol–water partition coefficient (Wildman–Crippen LogP) is 0.373. The van der Waals surface area contributed by atoms with E-state index < -0.39 is 6.10 Å². The molecule has 1 unspecified atom stereocenters. The van der Waals surface area contributed by atoms with Crippen LogP contribution in [0.15, 0.2) is 0 Å². The predicted molar refractivity (Wildman–Crippen MR) is 64.3 cm³/mol. The highest BCUT2D eigenvalue weighted by Gasteiger charge is 2.21. The van der Waals surface area contributed by atoms with Gasteiger partial charge in [-0.15, -0.1) is 0 Å². The zero-order valence-corrected chi connectivity index (χ0v) is 10.6. The van der Waals surface area contributed by atoms with E-state index in [-0.39, 0.29) is 5.91 Å². The van der Waals surface area contributed by atoms with Crippen molar-refractivity contribution in [2.75, 3.05) is 32.8 Å². The average molecular weight is 239 g/mol. The van der Waals surface area contributed by atoms with Crippen molar-refractivity contribution in [2.45, 2.75) is 26.4 Å². The first-order valence-corrected chi connectivity index (χ1v) is 6.12. The summed E-state index contributed by atoms with van der Waals surface area (Å²) >= 11 is 0. The first-order chi connectivity index (χ1) is 8.11. The molecule has 1 aliphatic rings. The zero-order valence-electron chi connectivity index (χ0n) is 10.6. The van der Waals surface area contributed by atoms with Crippen LogP contribution in [0.25, 0.3) is 0 Å². The van der Waals surface area contributed by atoms with Crippen molar-refractivity contribution in [1.82, 2.24) is 10.2 Å². The lowest BCUT2D eigenvalue weighted by molar-refractivity contribution is -0.123. The summed E-state index contributed by atoms with van der Waals surface area (Å²) < 4.78 is 5.22. The number of hydrogen-bond acceptors (Lipinski definition) is 4. The first kappa shape index (κ1) is 13.9. The van der Waals surface area contributed by atoms with Gasteiger partial charge in [0, 0.05) is 19.6 Å². The molecule has 1 rings (SSSR count). The van der Waals surface area contributed by atoms with Crippen molar-refractivity contribution in [3.8, 4) is 6.07 Å².